The number of hydrogen-bond donors (Lipinski definition) is 4. The molecule has 0 atom stereocenters. The van der Waals surface area contributed by atoms with Gasteiger partial charge in [-0.15, -0.1) is 20.4 Å². The van der Waals surface area contributed by atoms with Crippen LogP contribution in [0.1, 0.15) is 45.6 Å². The molecule has 8 aromatic rings. The summed E-state index contributed by atoms with van der Waals surface area (Å²) < 4.78 is 0. The van der Waals surface area contributed by atoms with Crippen LogP contribution in [0.15, 0.2) is 213 Å². The maximum atomic E-state index is 11.5. The molecule has 4 radical (unpaired) electrons. The zero-order valence-corrected chi connectivity index (χ0v) is 53.2. The maximum Gasteiger partial charge on any atom is 2.00 e. The summed E-state index contributed by atoms with van der Waals surface area (Å²) in [6, 6.07) is 20.7. The molecular weight excluding hydrogens is 1570 g/mol. The second kappa shape index (κ2) is 71.5. The fourth-order valence-electron chi connectivity index (χ4n) is 4.50. The van der Waals surface area contributed by atoms with Crippen LogP contribution in [0.2, 0.25) is 0 Å². The number of nitrogens with two attached hydrogens (primary N) is 4. The molecule has 8 rings (SSSR count). The van der Waals surface area contributed by atoms with Crippen molar-refractivity contribution in [3.05, 3.63) is 279 Å². The molecule has 0 fully saturated rings. The van der Waals surface area contributed by atoms with Crippen molar-refractivity contribution in [3.8, 4) is 0 Å². The van der Waals surface area contributed by atoms with E-state index < -0.39 is 43.9 Å². The van der Waals surface area contributed by atoms with Gasteiger partial charge in [0.2, 0.25) is 0 Å². The topological polar surface area (TPSA) is 998 Å². The third kappa shape index (κ3) is 59.4. The smallest absolute Gasteiger partial charge is 0.856 e. The first-order valence-electron chi connectivity index (χ1n) is 22.3. The molecule has 8 heterocycles. The molecule has 53 nitrogen and oxygen atoms in total. The minimum atomic E-state index is -1.75. The van der Waals surface area contributed by atoms with E-state index in [0.717, 1.165) is 0 Å². The third-order valence-corrected chi connectivity index (χ3v) is 7.83. The van der Waals surface area contributed by atoms with Gasteiger partial charge in [0.1, 0.15) is 22.8 Å². The van der Waals surface area contributed by atoms with Crippen molar-refractivity contribution >= 4 is 46.9 Å². The molecule has 57 heteroatoms. The quantitative estimate of drug-likeness (QED) is 0.0290. The molecule has 8 aromatic heterocycles. The van der Waals surface area contributed by atoms with Gasteiger partial charge in [0, 0.05) is 98.0 Å². The molecule has 564 valence electrons. The molecule has 101 heavy (non-hydrogen) atoms. The van der Waals surface area contributed by atoms with Crippen LogP contribution in [0.5, 0.6) is 0 Å². The summed E-state index contributed by atoms with van der Waals surface area (Å²) in [6.45, 7) is 0. The van der Waals surface area contributed by atoms with Crippen molar-refractivity contribution in [1.82, 2.24) is 59.8 Å². The normalized spacial score (nSPS) is 9.82. The molecular formula is C44H54Cu4N28O25. The van der Waals surface area contributed by atoms with Gasteiger partial charge in [0.05, 0.1) is 67.9 Å². The first kappa shape index (κ1) is 119. The summed E-state index contributed by atoms with van der Waals surface area (Å²) in [4.78, 5) is 79.1. The fourth-order valence-corrected chi connectivity index (χ4v) is 4.50. The Morgan fingerprint density at radius 1 is 0.257 bits per heavy atom. The Balaban J connectivity index is -0.0000000831. The first-order valence-corrected chi connectivity index (χ1v) is 22.3. The van der Waals surface area contributed by atoms with Crippen LogP contribution in [0.3, 0.4) is 0 Å². The van der Waals surface area contributed by atoms with Gasteiger partial charge in [-0.2, -0.15) is 20.4 Å². The number of aromatic nitrogens is 12. The third-order valence-electron chi connectivity index (χ3n) is 7.83. The van der Waals surface area contributed by atoms with E-state index >= 15 is 0 Å². The monoisotopic (exact) mass is 1630 g/mol. The fraction of sp³-hybridized carbons (Fsp3) is 0. The van der Waals surface area contributed by atoms with E-state index in [1.165, 1.54) is 74.4 Å². The number of rotatable bonds is 12. The standard InChI is InChI=1S/4C11H10N6O.4Cu.4NO3.9H2O/c4*12-10(8-3-1-2-4-14-8)16-17-11(18)9-7-13-5-6-15-9;;;;;4*2-1(3)4;;;;;;;;;/h4*1-7H,(H2,12,16)(H,17,18);;;;;;;;;9*1H2/q;;;;4*+2;4*-1;;;;;;;;;/p-4. The van der Waals surface area contributed by atoms with Crippen molar-refractivity contribution < 1.29 is 158 Å². The van der Waals surface area contributed by atoms with Crippen molar-refractivity contribution in [2.24, 2.45) is 63.7 Å². The van der Waals surface area contributed by atoms with E-state index in [0.29, 0.717) is 22.8 Å². The summed E-state index contributed by atoms with van der Waals surface area (Å²) >= 11 is 0. The van der Waals surface area contributed by atoms with E-state index in [-0.39, 0.29) is 164 Å². The molecule has 0 spiro atoms. The Morgan fingerprint density at radius 2 is 0.406 bits per heavy atom. The molecule has 0 aliphatic carbocycles. The largest absolute Gasteiger partial charge is 2.00 e. The van der Waals surface area contributed by atoms with Crippen LogP contribution < -0.4 is 43.4 Å². The zero-order valence-electron chi connectivity index (χ0n) is 49.4. The second-order valence-corrected chi connectivity index (χ2v) is 13.7. The van der Waals surface area contributed by atoms with Crippen LogP contribution in [-0.4, -0.2) is 176 Å². The molecule has 0 amide bonds. The SMILES string of the molecule is N/C(=N\N=C(/[O-])c1cnccn1)c1ccccn1.N/C(=N\N=C(/[O-])c1cnccn1)c1ccccn1.N/C(=N\N=C(/[O-])c1cnccn1)c1ccccn1.N/C(=N\N=C(/[O-])c1cnccn1)c1ccccn1.O.O.O.O.O.O.O.O.O.O=[N+]([O-])[O-].O=[N+]([O-])[O-].O=[N+]([O-])[O-].O=[N+]([O-])[O-].[Cu+2].[Cu+2].[Cu+2].[Cu+2]. The van der Waals surface area contributed by atoms with E-state index in [1.54, 1.807) is 97.6 Å². The molecule has 0 aliphatic rings. The van der Waals surface area contributed by atoms with Gasteiger partial charge in [-0.05, 0) is 48.5 Å². The average molecular weight is 1630 g/mol. The van der Waals surface area contributed by atoms with E-state index in [9.17, 15) is 20.4 Å². The van der Waals surface area contributed by atoms with Crippen molar-refractivity contribution in [1.29, 1.82) is 0 Å². The van der Waals surface area contributed by atoms with E-state index in [4.69, 9.17) is 84.2 Å². The summed E-state index contributed by atoms with van der Waals surface area (Å²) in [5.41, 5.74) is 24.7. The second-order valence-electron chi connectivity index (χ2n) is 13.7. The van der Waals surface area contributed by atoms with Gasteiger partial charge in [-0.3, -0.25) is 59.8 Å². The Bertz CT molecular complexity index is 2930. The molecule has 0 saturated heterocycles. The summed E-state index contributed by atoms with van der Waals surface area (Å²) in [5.74, 6) is -2.19. The predicted molar refractivity (Wildman–Crippen MR) is 328 cm³/mol. The number of hydrogen-bond acceptors (Lipinski definition) is 36. The summed E-state index contributed by atoms with van der Waals surface area (Å²) in [5, 5.41) is 133. The zero-order chi connectivity index (χ0) is 65.5. The van der Waals surface area contributed by atoms with Crippen LogP contribution in [0.4, 0.5) is 0 Å². The molecule has 0 aromatic carbocycles. The first-order chi connectivity index (χ1) is 42.0. The van der Waals surface area contributed by atoms with Gasteiger partial charge in [0.15, 0.2) is 23.3 Å². The van der Waals surface area contributed by atoms with E-state index in [2.05, 4.69) is 101 Å². The number of amidine groups is 4. The van der Waals surface area contributed by atoms with Crippen LogP contribution >= 0.6 is 0 Å². The molecule has 0 unspecified atom stereocenters. The van der Waals surface area contributed by atoms with Gasteiger partial charge in [-0.1, -0.05) is 24.3 Å². The molecule has 0 bridgehead atoms. The van der Waals surface area contributed by atoms with Gasteiger partial charge in [-0.25, -0.2) is 0 Å². The van der Waals surface area contributed by atoms with Gasteiger partial charge in [0.25, 0.3) is 0 Å². The molecule has 0 aliphatic heterocycles. The predicted octanol–water partition coefficient (Wildman–Crippen LogP) is -11.2. The van der Waals surface area contributed by atoms with Crippen LogP contribution in [0.25, 0.3) is 0 Å². The molecule has 26 N–H and O–H groups in total. The number of nitrogens with zero attached hydrogens (tertiary/aromatic N) is 24. The summed E-state index contributed by atoms with van der Waals surface area (Å²) in [6.07, 6.45) is 22.9. The Hall–Kier alpha value is -12.8. The van der Waals surface area contributed by atoms with Crippen LogP contribution in [-0.2, 0) is 68.3 Å². The van der Waals surface area contributed by atoms with Crippen molar-refractivity contribution in [2.45, 2.75) is 0 Å². The minimum absolute atomic E-state index is 0. The average Bonchev–Trinajstić information content (AvgIpc) is 0.930. The Morgan fingerprint density at radius 3 is 0.525 bits per heavy atom. The van der Waals surface area contributed by atoms with E-state index in [1.807, 2.05) is 0 Å². The van der Waals surface area contributed by atoms with Crippen LogP contribution in [0, 0.1) is 61.3 Å². The molecule has 0 saturated carbocycles. The van der Waals surface area contributed by atoms with Crippen molar-refractivity contribution in [3.63, 3.8) is 0 Å². The summed E-state index contributed by atoms with van der Waals surface area (Å²) in [7, 11) is 0. The van der Waals surface area contributed by atoms with Crippen molar-refractivity contribution in [2.75, 3.05) is 0 Å². The maximum absolute atomic E-state index is 11.5. The Kier molecular flexibility index (Phi) is 83.9. The minimum Gasteiger partial charge on any atom is -0.856 e. The number of pyridine rings is 4. The Labute approximate surface area is 604 Å². The van der Waals surface area contributed by atoms with Gasteiger partial charge < -0.3 is 154 Å². The van der Waals surface area contributed by atoms with Gasteiger partial charge >= 0.3 is 68.3 Å².